The summed E-state index contributed by atoms with van der Waals surface area (Å²) in [5.41, 5.74) is -0.521. The van der Waals surface area contributed by atoms with Crippen LogP contribution < -0.4 is 10.1 Å². The van der Waals surface area contributed by atoms with Crippen molar-refractivity contribution in [1.29, 1.82) is 0 Å². The number of ketones is 1. The Morgan fingerprint density at radius 3 is 2.47 bits per heavy atom. The molecular weight excluding hydrogens is 408 g/mol. The lowest BCUT2D eigenvalue weighted by molar-refractivity contribution is -0.277. The van der Waals surface area contributed by atoms with Gasteiger partial charge in [-0.2, -0.15) is 0 Å². The Morgan fingerprint density at radius 2 is 1.87 bits per heavy atom. The molecule has 1 aromatic rings. The first-order valence-electron chi connectivity index (χ1n) is 9.32. The molecule has 1 saturated heterocycles. The summed E-state index contributed by atoms with van der Waals surface area (Å²) in [5.74, 6) is -0.875. The summed E-state index contributed by atoms with van der Waals surface area (Å²) in [6.45, 7) is 0.710. The number of hydrogen-bond acceptors (Lipinski definition) is 8. The lowest BCUT2D eigenvalue weighted by Crippen LogP contribution is -2.60. The highest BCUT2D eigenvalue weighted by molar-refractivity contribution is 5.91. The number of aliphatic hydroxyl groups excluding tert-OH is 4. The number of carbonyl (C=O) groups excluding carboxylic acids is 2. The van der Waals surface area contributed by atoms with Crippen molar-refractivity contribution in [2.45, 2.75) is 63.3 Å². The van der Waals surface area contributed by atoms with E-state index in [0.717, 1.165) is 12.1 Å². The number of carbonyl (C=O) groups is 2. The monoisotopic (exact) mass is 433 g/mol. The van der Waals surface area contributed by atoms with E-state index in [-0.39, 0.29) is 30.1 Å². The number of ether oxygens (including phenoxy) is 2. The van der Waals surface area contributed by atoms with E-state index in [2.05, 4.69) is 5.32 Å². The number of amides is 1. The molecule has 1 amide bonds. The van der Waals surface area contributed by atoms with Gasteiger partial charge in [-0.25, -0.2) is 8.78 Å². The van der Waals surface area contributed by atoms with Gasteiger partial charge in [-0.1, -0.05) is 0 Å². The average molecular weight is 433 g/mol. The Bertz CT molecular complexity index is 745. The Morgan fingerprint density at radius 1 is 1.17 bits per heavy atom. The van der Waals surface area contributed by atoms with Crippen LogP contribution in [0.3, 0.4) is 0 Å². The molecule has 5 N–H and O–H groups in total. The second kappa shape index (κ2) is 10.7. The highest BCUT2D eigenvalue weighted by Crippen LogP contribution is 2.34. The van der Waals surface area contributed by atoms with Crippen LogP contribution in [0.1, 0.15) is 38.2 Å². The van der Waals surface area contributed by atoms with Gasteiger partial charge in [0, 0.05) is 18.5 Å². The molecule has 1 aliphatic rings. The molecule has 0 bridgehead atoms. The standard InChI is InChI=1S/C19H25F2NO8/c1-9(24)3-2-4-14(25)22-10-5-6-12(11(7-10)18(20)21)29-19-17(28)16(27)15(26)13(8-23)30-19/h5-7,13,15-19,23,26-28H,2-4,8H2,1H3,(H,22,25)/t13?,15-,16?,17?,19+/m0/s1. The van der Waals surface area contributed by atoms with Gasteiger partial charge in [0.1, 0.15) is 35.9 Å². The van der Waals surface area contributed by atoms with Crippen molar-refractivity contribution in [1.82, 2.24) is 0 Å². The lowest BCUT2D eigenvalue weighted by Gasteiger charge is -2.39. The largest absolute Gasteiger partial charge is 0.461 e. The van der Waals surface area contributed by atoms with Crippen LogP contribution in [0, 0.1) is 0 Å². The fourth-order valence-electron chi connectivity index (χ4n) is 2.92. The quantitative estimate of drug-likeness (QED) is 0.379. The van der Waals surface area contributed by atoms with Gasteiger partial charge in [0.25, 0.3) is 6.43 Å². The molecule has 0 aromatic heterocycles. The maximum absolute atomic E-state index is 13.5. The molecule has 1 fully saturated rings. The minimum Gasteiger partial charge on any atom is -0.461 e. The summed E-state index contributed by atoms with van der Waals surface area (Å²) in [5, 5.41) is 41.2. The van der Waals surface area contributed by atoms with Crippen LogP contribution in [-0.4, -0.2) is 69.4 Å². The van der Waals surface area contributed by atoms with E-state index >= 15 is 0 Å². The summed E-state index contributed by atoms with van der Waals surface area (Å²) < 4.78 is 37.4. The Kier molecular flexibility index (Phi) is 8.62. The molecule has 0 radical (unpaired) electrons. The van der Waals surface area contributed by atoms with Crippen molar-refractivity contribution >= 4 is 17.4 Å². The van der Waals surface area contributed by atoms with Crippen molar-refractivity contribution in [3.8, 4) is 5.75 Å². The molecule has 0 aliphatic carbocycles. The number of anilines is 1. The van der Waals surface area contributed by atoms with Crippen molar-refractivity contribution in [2.24, 2.45) is 0 Å². The number of benzene rings is 1. The van der Waals surface area contributed by atoms with Crippen molar-refractivity contribution in [3.05, 3.63) is 23.8 Å². The average Bonchev–Trinajstić information content (AvgIpc) is 2.68. The van der Waals surface area contributed by atoms with Crippen LogP contribution in [0.4, 0.5) is 14.5 Å². The van der Waals surface area contributed by atoms with Crippen LogP contribution in [0.2, 0.25) is 0 Å². The molecule has 9 nitrogen and oxygen atoms in total. The first-order chi connectivity index (χ1) is 14.1. The first-order valence-corrected chi connectivity index (χ1v) is 9.32. The van der Waals surface area contributed by atoms with Crippen LogP contribution in [0.5, 0.6) is 5.75 Å². The molecule has 3 unspecified atom stereocenters. The maximum atomic E-state index is 13.5. The number of nitrogens with one attached hydrogen (secondary N) is 1. The van der Waals surface area contributed by atoms with Crippen LogP contribution in [0.15, 0.2) is 18.2 Å². The SMILES string of the molecule is CC(=O)CCCC(=O)Nc1ccc(O[C@@H]2OC(CO)[C@H](O)C(O)C2O)c(C(F)F)c1. The van der Waals surface area contributed by atoms with Crippen LogP contribution in [0.25, 0.3) is 0 Å². The van der Waals surface area contributed by atoms with Gasteiger partial charge in [-0.15, -0.1) is 0 Å². The predicted molar refractivity (Wildman–Crippen MR) is 99.0 cm³/mol. The van der Waals surface area contributed by atoms with Gasteiger partial charge in [0.15, 0.2) is 0 Å². The minimum absolute atomic E-state index is 0.0483. The molecule has 0 spiro atoms. The van der Waals surface area contributed by atoms with Gasteiger partial charge in [-0.05, 0) is 31.5 Å². The number of aliphatic hydroxyl groups is 4. The minimum atomic E-state index is -3.00. The third-order valence-electron chi connectivity index (χ3n) is 4.55. The fraction of sp³-hybridized carbons (Fsp3) is 0.579. The summed E-state index contributed by atoms with van der Waals surface area (Å²) >= 11 is 0. The number of alkyl halides is 2. The molecule has 0 saturated carbocycles. The zero-order valence-electron chi connectivity index (χ0n) is 16.2. The van der Waals surface area contributed by atoms with Crippen molar-refractivity contribution < 1.29 is 48.3 Å². The fourth-order valence-corrected chi connectivity index (χ4v) is 2.92. The zero-order valence-corrected chi connectivity index (χ0v) is 16.2. The van der Waals surface area contributed by atoms with E-state index in [1.165, 1.54) is 13.0 Å². The highest BCUT2D eigenvalue weighted by Gasteiger charge is 2.45. The summed E-state index contributed by atoms with van der Waals surface area (Å²) in [7, 11) is 0. The Balaban J connectivity index is 2.11. The van der Waals surface area contributed by atoms with Crippen LogP contribution in [-0.2, 0) is 14.3 Å². The molecule has 168 valence electrons. The van der Waals surface area contributed by atoms with Gasteiger partial charge >= 0.3 is 0 Å². The van der Waals surface area contributed by atoms with E-state index < -0.39 is 55.2 Å². The summed E-state index contributed by atoms with van der Waals surface area (Å²) in [4.78, 5) is 22.8. The molecule has 30 heavy (non-hydrogen) atoms. The van der Waals surface area contributed by atoms with E-state index in [4.69, 9.17) is 9.47 Å². The number of rotatable bonds is 9. The zero-order chi connectivity index (χ0) is 22.4. The summed E-state index contributed by atoms with van der Waals surface area (Å²) in [6, 6.07) is 3.43. The molecule has 1 heterocycles. The van der Waals surface area contributed by atoms with Crippen LogP contribution >= 0.6 is 0 Å². The molecule has 1 aromatic carbocycles. The highest BCUT2D eigenvalue weighted by atomic mass is 19.3. The number of Topliss-reactive ketones (excluding diaryl/α,β-unsaturated/α-hetero) is 1. The van der Waals surface area contributed by atoms with Gasteiger partial charge in [0.2, 0.25) is 12.2 Å². The third kappa shape index (κ3) is 6.16. The molecule has 5 atom stereocenters. The van der Waals surface area contributed by atoms with Gasteiger partial charge in [0.05, 0.1) is 12.2 Å². The lowest BCUT2D eigenvalue weighted by atomic mass is 9.99. The molecule has 11 heteroatoms. The van der Waals surface area contributed by atoms with E-state index in [9.17, 15) is 38.8 Å². The third-order valence-corrected chi connectivity index (χ3v) is 4.55. The van der Waals surface area contributed by atoms with E-state index in [1.807, 2.05) is 0 Å². The smallest absolute Gasteiger partial charge is 0.267 e. The van der Waals surface area contributed by atoms with Gasteiger partial charge in [-0.3, -0.25) is 4.79 Å². The summed E-state index contributed by atoms with van der Waals surface area (Å²) in [6.07, 6.45) is -10.3. The first kappa shape index (κ1) is 24.1. The van der Waals surface area contributed by atoms with E-state index in [0.29, 0.717) is 6.42 Å². The molecule has 2 rings (SSSR count). The normalized spacial score (nSPS) is 26.5. The Hall–Kier alpha value is -2.18. The van der Waals surface area contributed by atoms with Crippen molar-refractivity contribution in [3.63, 3.8) is 0 Å². The second-order valence-electron chi connectivity index (χ2n) is 6.97. The van der Waals surface area contributed by atoms with Gasteiger partial charge < -0.3 is 40.0 Å². The second-order valence-corrected chi connectivity index (χ2v) is 6.97. The van der Waals surface area contributed by atoms with Crippen molar-refractivity contribution in [2.75, 3.05) is 11.9 Å². The topological polar surface area (TPSA) is 146 Å². The molecule has 1 aliphatic heterocycles. The maximum Gasteiger partial charge on any atom is 0.267 e. The number of halogens is 2. The number of hydrogen-bond donors (Lipinski definition) is 5. The Labute approximate surface area is 171 Å². The van der Waals surface area contributed by atoms with E-state index in [1.54, 1.807) is 0 Å². The predicted octanol–water partition coefficient (Wildman–Crippen LogP) is 0.501. The molecular formula is C19H25F2NO8.